The molecule has 1 aromatic rings. The molecule has 0 aliphatic rings. The molecule has 2 N–H and O–H groups in total. The fraction of sp³-hybridized carbons (Fsp3) is 0.111. The monoisotopic (exact) mass is 228 g/mol. The molecule has 0 saturated carbocycles. The van der Waals surface area contributed by atoms with Gasteiger partial charge in [0.2, 0.25) is 0 Å². The van der Waals surface area contributed by atoms with Gasteiger partial charge in [0, 0.05) is 17.8 Å². The van der Waals surface area contributed by atoms with Gasteiger partial charge >= 0.3 is 12.1 Å². The summed E-state index contributed by atoms with van der Waals surface area (Å²) in [4.78, 5) is 22.2. The van der Waals surface area contributed by atoms with E-state index in [0.29, 0.717) is 15.6 Å². The topological polar surface area (TPSA) is 69.6 Å². The molecule has 0 unspecified atom stereocenters. The summed E-state index contributed by atoms with van der Waals surface area (Å²) in [6, 6.07) is 5.70. The van der Waals surface area contributed by atoms with Gasteiger partial charge < -0.3 is 10.4 Å². The number of rotatable bonds is 1. The lowest BCUT2D eigenvalue weighted by atomic mass is 10.3. The van der Waals surface area contributed by atoms with Crippen LogP contribution in [0.25, 0.3) is 0 Å². The number of hydrogen-bond donors (Lipinski definition) is 2. The van der Waals surface area contributed by atoms with Crippen LogP contribution in [-0.4, -0.2) is 29.2 Å². The molecule has 6 heteroatoms. The lowest BCUT2D eigenvalue weighted by molar-refractivity contribution is 0.161. The van der Waals surface area contributed by atoms with Gasteiger partial charge in [-0.1, -0.05) is 17.7 Å². The van der Waals surface area contributed by atoms with E-state index in [4.69, 9.17) is 16.7 Å². The maximum absolute atomic E-state index is 11.3. The Kier molecular flexibility index (Phi) is 3.51. The molecule has 15 heavy (non-hydrogen) atoms. The van der Waals surface area contributed by atoms with Crippen LogP contribution in [-0.2, 0) is 0 Å². The van der Waals surface area contributed by atoms with Crippen LogP contribution < -0.4 is 5.32 Å². The summed E-state index contributed by atoms with van der Waals surface area (Å²) >= 11 is 5.69. The van der Waals surface area contributed by atoms with Gasteiger partial charge in [0.25, 0.3) is 0 Å². The smallest absolute Gasteiger partial charge is 0.415 e. The van der Waals surface area contributed by atoms with E-state index in [1.807, 2.05) is 0 Å². The Labute approximate surface area is 91.3 Å². The van der Waals surface area contributed by atoms with E-state index in [9.17, 15) is 9.59 Å². The Morgan fingerprint density at radius 1 is 1.47 bits per heavy atom. The number of hydrogen-bond acceptors (Lipinski definition) is 2. The normalized spacial score (nSPS) is 9.47. The zero-order valence-corrected chi connectivity index (χ0v) is 8.65. The Morgan fingerprint density at radius 3 is 2.67 bits per heavy atom. The fourth-order valence-corrected chi connectivity index (χ4v) is 1.05. The van der Waals surface area contributed by atoms with Gasteiger partial charge in [0.15, 0.2) is 0 Å². The minimum absolute atomic E-state index is 0.445. The fourth-order valence-electron chi connectivity index (χ4n) is 0.860. The van der Waals surface area contributed by atoms with Crippen molar-refractivity contribution < 1.29 is 14.7 Å². The molecular formula is C9H9ClN2O3. The Bertz CT molecular complexity index is 395. The lowest BCUT2D eigenvalue weighted by Gasteiger charge is -2.12. The molecule has 0 spiro atoms. The van der Waals surface area contributed by atoms with E-state index in [1.54, 1.807) is 18.2 Å². The van der Waals surface area contributed by atoms with E-state index in [1.165, 1.54) is 6.07 Å². The number of carbonyl (C=O) groups is 2. The number of nitrogens with zero attached hydrogens (tertiary/aromatic N) is 1. The van der Waals surface area contributed by atoms with Crippen molar-refractivity contribution in [2.45, 2.75) is 0 Å². The predicted octanol–water partition coefficient (Wildman–Crippen LogP) is 2.48. The number of anilines is 1. The zero-order valence-electron chi connectivity index (χ0n) is 7.90. The van der Waals surface area contributed by atoms with Crippen LogP contribution in [0.4, 0.5) is 15.3 Å². The number of benzene rings is 1. The van der Waals surface area contributed by atoms with Crippen LogP contribution in [0.5, 0.6) is 0 Å². The van der Waals surface area contributed by atoms with E-state index >= 15 is 0 Å². The summed E-state index contributed by atoms with van der Waals surface area (Å²) in [5.74, 6) is 0. The Hall–Kier alpha value is -1.75. The third-order valence-electron chi connectivity index (χ3n) is 1.67. The first kappa shape index (κ1) is 11.3. The number of carboxylic acid groups (broad SMARTS) is 1. The Balaban J connectivity index is 2.70. The van der Waals surface area contributed by atoms with Gasteiger partial charge in [-0.25, -0.2) is 14.5 Å². The summed E-state index contributed by atoms with van der Waals surface area (Å²) in [6.45, 7) is 0. The van der Waals surface area contributed by atoms with Crippen LogP contribution in [0.15, 0.2) is 24.3 Å². The SMILES string of the molecule is CN(C(=O)O)C(=O)Nc1cccc(Cl)c1. The number of halogens is 1. The molecule has 0 radical (unpaired) electrons. The molecular weight excluding hydrogens is 220 g/mol. The van der Waals surface area contributed by atoms with Crippen molar-refractivity contribution >= 4 is 29.4 Å². The largest absolute Gasteiger partial charge is 0.465 e. The third-order valence-corrected chi connectivity index (χ3v) is 1.90. The first-order valence-corrected chi connectivity index (χ1v) is 4.41. The molecule has 0 aliphatic heterocycles. The van der Waals surface area contributed by atoms with Crippen molar-refractivity contribution in [2.24, 2.45) is 0 Å². The van der Waals surface area contributed by atoms with Crippen molar-refractivity contribution in [3.63, 3.8) is 0 Å². The van der Waals surface area contributed by atoms with Crippen LogP contribution in [0.1, 0.15) is 0 Å². The van der Waals surface area contributed by atoms with Crippen molar-refractivity contribution in [3.05, 3.63) is 29.3 Å². The second kappa shape index (κ2) is 4.65. The standard InChI is InChI=1S/C9H9ClN2O3/c1-12(9(14)15)8(13)11-7-4-2-3-6(10)5-7/h2-5H,1H3,(H,11,13)(H,14,15). The number of urea groups is 1. The number of amides is 3. The minimum atomic E-state index is -1.32. The van der Waals surface area contributed by atoms with Gasteiger partial charge in [-0.15, -0.1) is 0 Å². The van der Waals surface area contributed by atoms with Crippen molar-refractivity contribution in [2.75, 3.05) is 12.4 Å². The van der Waals surface area contributed by atoms with Gasteiger partial charge in [-0.05, 0) is 18.2 Å². The quantitative estimate of drug-likeness (QED) is 0.776. The molecule has 0 saturated heterocycles. The first-order chi connectivity index (χ1) is 7.00. The molecule has 5 nitrogen and oxygen atoms in total. The maximum Gasteiger partial charge on any atom is 0.415 e. The summed E-state index contributed by atoms with van der Waals surface area (Å²) in [6.07, 6.45) is -1.32. The van der Waals surface area contributed by atoms with Gasteiger partial charge in [-0.2, -0.15) is 0 Å². The van der Waals surface area contributed by atoms with Crippen molar-refractivity contribution in [1.82, 2.24) is 4.90 Å². The average Bonchev–Trinajstić information content (AvgIpc) is 2.16. The molecule has 0 atom stereocenters. The van der Waals surface area contributed by atoms with Crippen LogP contribution in [0.3, 0.4) is 0 Å². The summed E-state index contributed by atoms with van der Waals surface area (Å²) in [5, 5.41) is 11.4. The summed E-state index contributed by atoms with van der Waals surface area (Å²) in [5.41, 5.74) is 0.445. The molecule has 1 aromatic carbocycles. The third kappa shape index (κ3) is 3.14. The second-order valence-electron chi connectivity index (χ2n) is 2.78. The highest BCUT2D eigenvalue weighted by molar-refractivity contribution is 6.30. The number of imide groups is 1. The molecule has 80 valence electrons. The predicted molar refractivity (Wildman–Crippen MR) is 56.3 cm³/mol. The van der Waals surface area contributed by atoms with Gasteiger partial charge in [-0.3, -0.25) is 0 Å². The van der Waals surface area contributed by atoms with E-state index in [-0.39, 0.29) is 0 Å². The molecule has 0 bridgehead atoms. The average molecular weight is 229 g/mol. The van der Waals surface area contributed by atoms with E-state index in [0.717, 1.165) is 7.05 Å². The van der Waals surface area contributed by atoms with E-state index in [2.05, 4.69) is 5.32 Å². The molecule has 3 amide bonds. The van der Waals surface area contributed by atoms with Crippen LogP contribution >= 0.6 is 11.6 Å². The molecule has 1 rings (SSSR count). The highest BCUT2D eigenvalue weighted by Crippen LogP contribution is 2.15. The van der Waals surface area contributed by atoms with Crippen molar-refractivity contribution in [3.8, 4) is 0 Å². The second-order valence-corrected chi connectivity index (χ2v) is 3.22. The van der Waals surface area contributed by atoms with Gasteiger partial charge in [0.05, 0.1) is 0 Å². The number of nitrogens with one attached hydrogen (secondary N) is 1. The molecule has 0 aliphatic carbocycles. The zero-order chi connectivity index (χ0) is 11.4. The maximum atomic E-state index is 11.3. The highest BCUT2D eigenvalue weighted by Gasteiger charge is 2.14. The molecule has 0 aromatic heterocycles. The lowest BCUT2D eigenvalue weighted by Crippen LogP contribution is -2.35. The summed E-state index contributed by atoms with van der Waals surface area (Å²) in [7, 11) is 1.15. The molecule has 0 fully saturated rings. The van der Waals surface area contributed by atoms with E-state index < -0.39 is 12.1 Å². The van der Waals surface area contributed by atoms with Crippen LogP contribution in [0.2, 0.25) is 5.02 Å². The highest BCUT2D eigenvalue weighted by atomic mass is 35.5. The Morgan fingerprint density at radius 2 is 2.13 bits per heavy atom. The minimum Gasteiger partial charge on any atom is -0.465 e. The van der Waals surface area contributed by atoms with Crippen LogP contribution in [0, 0.1) is 0 Å². The first-order valence-electron chi connectivity index (χ1n) is 4.04. The summed E-state index contributed by atoms with van der Waals surface area (Å²) < 4.78 is 0. The van der Waals surface area contributed by atoms with Gasteiger partial charge in [0.1, 0.15) is 0 Å². The van der Waals surface area contributed by atoms with Crippen molar-refractivity contribution in [1.29, 1.82) is 0 Å². The molecule has 0 heterocycles. The number of carbonyl (C=O) groups excluding carboxylic acids is 1.